The van der Waals surface area contributed by atoms with Gasteiger partial charge < -0.3 is 4.80 Å². The van der Waals surface area contributed by atoms with Gasteiger partial charge in [-0.15, -0.1) is 0 Å². The van der Waals surface area contributed by atoms with E-state index in [9.17, 15) is 4.80 Å². The predicted molar refractivity (Wildman–Crippen MR) is 126 cm³/mol. The van der Waals surface area contributed by atoms with Crippen molar-refractivity contribution in [3.8, 4) is 6.07 Å². The first kappa shape index (κ1) is 23.1. The summed E-state index contributed by atoms with van der Waals surface area (Å²) < 4.78 is 0. The van der Waals surface area contributed by atoms with E-state index in [0.717, 1.165) is 42.5 Å². The first-order valence-electron chi connectivity index (χ1n) is 10.7. The van der Waals surface area contributed by atoms with Gasteiger partial charge in [0, 0.05) is 6.42 Å². The molecule has 0 unspecified atom stereocenters. The molecule has 0 aliphatic carbocycles. The molecule has 154 valence electrons. The molecule has 2 aromatic carbocycles. The highest BCUT2D eigenvalue weighted by molar-refractivity contribution is 6.98. The minimum Gasteiger partial charge on any atom is -0.424 e. The van der Waals surface area contributed by atoms with E-state index in [1.165, 1.54) is 5.57 Å². The van der Waals surface area contributed by atoms with E-state index < -0.39 is 8.32 Å². The lowest BCUT2D eigenvalue weighted by atomic mass is 9.88. The van der Waals surface area contributed by atoms with E-state index in [4.69, 9.17) is 5.26 Å². The Labute approximate surface area is 178 Å². The Bertz CT molecular complexity index is 768. The molecule has 0 aliphatic rings. The molecule has 1 atom stereocenters. The van der Waals surface area contributed by atoms with Gasteiger partial charge in [-0.3, -0.25) is 0 Å². The normalized spacial score (nSPS) is 12.9. The summed E-state index contributed by atoms with van der Waals surface area (Å²) in [7, 11) is -2.96. The summed E-state index contributed by atoms with van der Waals surface area (Å²) in [4.78, 5) is 12.3. The van der Waals surface area contributed by atoms with Gasteiger partial charge in [0.1, 0.15) is 0 Å². The van der Waals surface area contributed by atoms with Crippen LogP contribution in [0.25, 0.3) is 0 Å². The lowest BCUT2D eigenvalue weighted by Crippen LogP contribution is -2.65. The van der Waals surface area contributed by atoms with Crippen LogP contribution in [0.2, 0.25) is 5.04 Å². The zero-order chi connectivity index (χ0) is 21.3. The van der Waals surface area contributed by atoms with Crippen LogP contribution in [0.1, 0.15) is 59.3 Å². The fourth-order valence-electron chi connectivity index (χ4n) is 4.22. The molecule has 0 amide bonds. The molecule has 0 saturated heterocycles. The first-order chi connectivity index (χ1) is 13.8. The van der Waals surface area contributed by atoms with Crippen LogP contribution in [0.4, 0.5) is 0 Å². The first-order valence-corrected chi connectivity index (χ1v) is 12.7. The van der Waals surface area contributed by atoms with E-state index in [-0.39, 0.29) is 5.04 Å². The molecule has 2 nitrogen and oxygen atoms in total. The highest BCUT2D eigenvalue weighted by atomic mass is 28.4. The Hall–Kier alpha value is -2.15. The molecule has 0 fully saturated rings. The van der Waals surface area contributed by atoms with E-state index in [1.807, 2.05) is 36.4 Å². The van der Waals surface area contributed by atoms with Crippen molar-refractivity contribution in [2.45, 2.75) is 64.3 Å². The number of rotatable bonds is 11. The Morgan fingerprint density at radius 1 is 1.03 bits per heavy atom. The van der Waals surface area contributed by atoms with Gasteiger partial charge in [-0.25, -0.2) is 0 Å². The molecule has 0 bridgehead atoms. The maximum Gasteiger partial charge on any atom is 0.258 e. The molecule has 0 radical (unpaired) electrons. The standard InChI is InChI=1S/C26H35NOSi/c1-5-22(2)21-23(13-12-20-27)18-19-26(3,4)29(28,24-14-8-6-9-15-24)25-16-10-7-11-17-25/h6-11,14-17,23,28H,2,5,12-13,18-19,21H2,1,3-4H3/t23-/m0/s1. The SMILES string of the molecule is C=C(CC)C[C@@H](CCC#N)CCC(C)(C)[Si](O)(c1ccccc1)c1ccccc1. The molecular formula is C26H35NOSi. The molecule has 2 rings (SSSR count). The van der Waals surface area contributed by atoms with Gasteiger partial charge in [0.25, 0.3) is 8.32 Å². The largest absolute Gasteiger partial charge is 0.424 e. The van der Waals surface area contributed by atoms with Gasteiger partial charge in [-0.1, -0.05) is 93.6 Å². The number of benzene rings is 2. The highest BCUT2D eigenvalue weighted by Crippen LogP contribution is 2.42. The zero-order valence-corrected chi connectivity index (χ0v) is 19.2. The quantitative estimate of drug-likeness (QED) is 0.392. The summed E-state index contributed by atoms with van der Waals surface area (Å²) >= 11 is 0. The third-order valence-electron chi connectivity index (χ3n) is 6.28. The smallest absolute Gasteiger partial charge is 0.258 e. The summed E-state index contributed by atoms with van der Waals surface area (Å²) in [6.45, 7) is 10.8. The fourth-order valence-corrected chi connectivity index (χ4v) is 7.97. The number of nitrogens with zero attached hydrogens (tertiary/aromatic N) is 1. The molecule has 1 N–H and O–H groups in total. The molecule has 3 heteroatoms. The van der Waals surface area contributed by atoms with Crippen molar-refractivity contribution in [3.05, 3.63) is 72.8 Å². The summed E-state index contributed by atoms with van der Waals surface area (Å²) in [5.74, 6) is 0.450. The molecule has 2 aromatic rings. The van der Waals surface area contributed by atoms with Crippen LogP contribution in [0.5, 0.6) is 0 Å². The fraction of sp³-hybridized carbons (Fsp3) is 0.423. The average Bonchev–Trinajstić information content (AvgIpc) is 2.75. The van der Waals surface area contributed by atoms with Crippen molar-refractivity contribution in [1.29, 1.82) is 5.26 Å². The second kappa shape index (κ2) is 10.6. The lowest BCUT2D eigenvalue weighted by molar-refractivity contribution is 0.381. The summed E-state index contributed by atoms with van der Waals surface area (Å²) in [5.41, 5.74) is 1.25. The van der Waals surface area contributed by atoms with Gasteiger partial charge >= 0.3 is 0 Å². The highest BCUT2D eigenvalue weighted by Gasteiger charge is 2.49. The Morgan fingerprint density at radius 3 is 2.00 bits per heavy atom. The minimum atomic E-state index is -2.96. The maximum absolute atomic E-state index is 12.3. The number of nitriles is 1. The Morgan fingerprint density at radius 2 is 1.55 bits per heavy atom. The maximum atomic E-state index is 12.3. The van der Waals surface area contributed by atoms with Crippen LogP contribution in [-0.2, 0) is 0 Å². The Balaban J connectivity index is 2.32. The molecule has 0 heterocycles. The van der Waals surface area contributed by atoms with Crippen molar-refractivity contribution in [2.24, 2.45) is 5.92 Å². The molecule has 0 saturated carbocycles. The second-order valence-electron chi connectivity index (χ2n) is 8.74. The zero-order valence-electron chi connectivity index (χ0n) is 18.2. The van der Waals surface area contributed by atoms with Crippen LogP contribution in [0.3, 0.4) is 0 Å². The lowest BCUT2D eigenvalue weighted by Gasteiger charge is -2.42. The third kappa shape index (κ3) is 5.69. The van der Waals surface area contributed by atoms with Crippen LogP contribution < -0.4 is 10.4 Å². The van der Waals surface area contributed by atoms with Gasteiger partial charge in [0.15, 0.2) is 0 Å². The molecule has 0 aliphatic heterocycles. The number of hydrogen-bond acceptors (Lipinski definition) is 2. The van der Waals surface area contributed by atoms with E-state index in [0.29, 0.717) is 12.3 Å². The van der Waals surface area contributed by atoms with E-state index >= 15 is 0 Å². The van der Waals surface area contributed by atoms with Crippen LogP contribution in [0.15, 0.2) is 72.8 Å². The molecular weight excluding hydrogens is 370 g/mol. The van der Waals surface area contributed by atoms with E-state index in [2.05, 4.69) is 57.7 Å². The second-order valence-corrected chi connectivity index (χ2v) is 12.7. The summed E-state index contributed by atoms with van der Waals surface area (Å²) in [5, 5.41) is 10.9. The van der Waals surface area contributed by atoms with Crippen LogP contribution in [0, 0.1) is 17.2 Å². The van der Waals surface area contributed by atoms with Crippen LogP contribution in [-0.4, -0.2) is 13.1 Å². The Kier molecular flexibility index (Phi) is 8.43. The topological polar surface area (TPSA) is 44.0 Å². The number of hydrogen-bond donors (Lipinski definition) is 1. The summed E-state index contributed by atoms with van der Waals surface area (Å²) in [6.07, 6.45) is 5.38. The van der Waals surface area contributed by atoms with Gasteiger partial charge in [0.05, 0.1) is 6.07 Å². The van der Waals surface area contributed by atoms with Gasteiger partial charge in [-0.05, 0) is 53.4 Å². The third-order valence-corrected chi connectivity index (χ3v) is 10.8. The van der Waals surface area contributed by atoms with Crippen LogP contribution >= 0.6 is 0 Å². The van der Waals surface area contributed by atoms with Gasteiger partial charge in [-0.2, -0.15) is 5.26 Å². The minimum absolute atomic E-state index is 0.242. The average molecular weight is 406 g/mol. The summed E-state index contributed by atoms with van der Waals surface area (Å²) in [6, 6.07) is 22.7. The van der Waals surface area contributed by atoms with E-state index in [1.54, 1.807) is 0 Å². The van der Waals surface area contributed by atoms with Crippen molar-refractivity contribution in [2.75, 3.05) is 0 Å². The van der Waals surface area contributed by atoms with Crippen molar-refractivity contribution < 1.29 is 4.80 Å². The molecule has 0 aromatic heterocycles. The molecule has 0 spiro atoms. The van der Waals surface area contributed by atoms with Crippen molar-refractivity contribution >= 4 is 18.7 Å². The molecule has 29 heavy (non-hydrogen) atoms. The van der Waals surface area contributed by atoms with Gasteiger partial charge in [0.2, 0.25) is 0 Å². The monoisotopic (exact) mass is 405 g/mol. The number of allylic oxidation sites excluding steroid dienone is 1. The van der Waals surface area contributed by atoms with Crippen molar-refractivity contribution in [3.63, 3.8) is 0 Å². The predicted octanol–water partition coefficient (Wildman–Crippen LogP) is 5.58. The van der Waals surface area contributed by atoms with Crippen molar-refractivity contribution in [1.82, 2.24) is 0 Å².